The van der Waals surface area contributed by atoms with E-state index in [4.69, 9.17) is 10.5 Å². The van der Waals surface area contributed by atoms with Crippen molar-refractivity contribution < 1.29 is 21.1 Å². The van der Waals surface area contributed by atoms with Crippen molar-refractivity contribution in [1.29, 1.82) is 0 Å². The second kappa shape index (κ2) is 29.3. The van der Waals surface area contributed by atoms with E-state index < -0.39 is 0 Å². The van der Waals surface area contributed by atoms with Crippen LogP contribution in [0.15, 0.2) is 17.7 Å². The molecule has 0 fully saturated rings. The van der Waals surface area contributed by atoms with Gasteiger partial charge in [0.05, 0.1) is 0 Å². The largest absolute Gasteiger partial charge is 0.577 e. The van der Waals surface area contributed by atoms with E-state index in [1.807, 2.05) is 0 Å². The third-order valence-corrected chi connectivity index (χ3v) is 1.15. The van der Waals surface area contributed by atoms with Gasteiger partial charge in [0, 0.05) is 21.1 Å². The summed E-state index contributed by atoms with van der Waals surface area (Å²) in [7, 11) is 0. The van der Waals surface area contributed by atoms with Crippen molar-refractivity contribution >= 4 is 0 Å². The van der Waals surface area contributed by atoms with Crippen LogP contribution < -0.4 is 0 Å². The SMILES string of the molecule is CCC1=[C-]CC=C1.[CH2-]C.[CH2-]C.[N-]=O.[W]. The molecule has 0 aromatic carbocycles. The van der Waals surface area contributed by atoms with E-state index in [-0.39, 0.29) is 21.1 Å². The Morgan fingerprint density at radius 1 is 1.36 bits per heavy atom. The normalized spacial score (nSPS) is 9.93. The van der Waals surface area contributed by atoms with Gasteiger partial charge in [0.25, 0.3) is 0 Å². The number of hydrogen-bond donors (Lipinski definition) is 0. The van der Waals surface area contributed by atoms with Gasteiger partial charge in [-0.05, 0) is 0 Å². The van der Waals surface area contributed by atoms with Crippen LogP contribution in [-0.2, 0) is 21.1 Å². The fourth-order valence-corrected chi connectivity index (χ4v) is 0.693. The van der Waals surface area contributed by atoms with Gasteiger partial charge in [0.15, 0.2) is 0 Å². The second-order valence-electron chi connectivity index (χ2n) is 1.66. The van der Waals surface area contributed by atoms with Gasteiger partial charge >= 0.3 is 0 Å². The summed E-state index contributed by atoms with van der Waals surface area (Å²) in [6.07, 6.45) is 9.65. The Labute approximate surface area is 103 Å². The minimum Gasteiger partial charge on any atom is -0.577 e. The molecule has 84 valence electrons. The molecular weight excluding hydrogens is 346 g/mol. The van der Waals surface area contributed by atoms with Gasteiger partial charge < -0.3 is 24.3 Å². The third-order valence-electron chi connectivity index (χ3n) is 1.15. The summed E-state index contributed by atoms with van der Waals surface area (Å²) in [6.45, 7) is 12.2. The molecule has 0 N–H and O–H groups in total. The van der Waals surface area contributed by atoms with Gasteiger partial charge in [-0.15, -0.1) is 6.42 Å². The van der Waals surface area contributed by atoms with Gasteiger partial charge in [-0.1, -0.05) is 13.3 Å². The van der Waals surface area contributed by atoms with Crippen LogP contribution in [0.3, 0.4) is 0 Å². The summed E-state index contributed by atoms with van der Waals surface area (Å²) < 4.78 is 0. The number of hydrogen-bond acceptors (Lipinski definition) is 1. The third kappa shape index (κ3) is 17.7. The molecule has 0 saturated carbocycles. The molecular formula is C11H19NOW-4. The summed E-state index contributed by atoms with van der Waals surface area (Å²) in [5.74, 6) is 0. The fraction of sp³-hybridized carbons (Fsp3) is 0.455. The van der Waals surface area contributed by atoms with E-state index in [9.17, 15) is 0 Å². The molecule has 0 aromatic heterocycles. The number of nitrogens with zero attached hydrogens (tertiary/aromatic N) is 1. The second-order valence-corrected chi connectivity index (χ2v) is 1.66. The number of rotatable bonds is 1. The van der Waals surface area contributed by atoms with Crippen molar-refractivity contribution in [3.63, 3.8) is 0 Å². The zero-order valence-corrected chi connectivity index (χ0v) is 12.2. The molecule has 2 nitrogen and oxygen atoms in total. The molecule has 0 unspecified atom stereocenters. The first-order chi connectivity index (χ1) is 6.43. The van der Waals surface area contributed by atoms with Crippen LogP contribution in [0.1, 0.15) is 33.6 Å². The standard InChI is InChI=1S/C7H9.2C2H5.NO.W/c1-2-7-5-3-4-6-7;3*1-2;/h3,5H,2,4H2,1H3;2*1H2,2H3;;/q4*-1;. The molecule has 0 saturated heterocycles. The molecule has 0 bridgehead atoms. The maximum atomic E-state index is 7.25. The Balaban J connectivity index is -0.0000000625. The molecule has 1 aliphatic carbocycles. The van der Waals surface area contributed by atoms with Crippen LogP contribution >= 0.6 is 0 Å². The van der Waals surface area contributed by atoms with Gasteiger partial charge in [0.2, 0.25) is 0 Å². The summed E-state index contributed by atoms with van der Waals surface area (Å²) in [6, 6.07) is 0. The molecule has 0 aliphatic heterocycles. The van der Waals surface area contributed by atoms with E-state index in [1.54, 1.807) is 13.8 Å². The Bertz CT molecular complexity index is 133. The average molecular weight is 365 g/mol. The van der Waals surface area contributed by atoms with Crippen LogP contribution in [0.2, 0.25) is 0 Å². The van der Waals surface area contributed by atoms with Crippen molar-refractivity contribution in [3.05, 3.63) is 48.1 Å². The first-order valence-electron chi connectivity index (χ1n) is 4.29. The summed E-state index contributed by atoms with van der Waals surface area (Å²) in [5.41, 5.74) is 7.11. The Hall–Kier alpha value is -0.232. The van der Waals surface area contributed by atoms with Crippen LogP contribution in [-0.4, -0.2) is 0 Å². The van der Waals surface area contributed by atoms with E-state index >= 15 is 0 Å². The van der Waals surface area contributed by atoms with Gasteiger partial charge in [-0.25, -0.2) is 11.6 Å². The first-order valence-corrected chi connectivity index (χ1v) is 4.29. The van der Waals surface area contributed by atoms with Crippen LogP contribution in [0, 0.1) is 24.8 Å². The predicted molar refractivity (Wildman–Crippen MR) is 59.6 cm³/mol. The minimum atomic E-state index is 0. The molecule has 1 rings (SSSR count). The van der Waals surface area contributed by atoms with E-state index in [0.717, 1.165) is 12.8 Å². The number of allylic oxidation sites excluding steroid dienone is 4. The Morgan fingerprint density at radius 2 is 1.79 bits per heavy atom. The van der Waals surface area contributed by atoms with E-state index in [1.165, 1.54) is 5.57 Å². The maximum Gasteiger partial charge on any atom is 0 e. The average Bonchev–Trinajstić information content (AvgIpc) is 2.79. The van der Waals surface area contributed by atoms with Crippen molar-refractivity contribution in [2.75, 3.05) is 0 Å². The van der Waals surface area contributed by atoms with Gasteiger partial charge in [-0.2, -0.15) is 19.9 Å². The monoisotopic (exact) mass is 365 g/mol. The Kier molecular flexibility index (Phi) is 49.2. The van der Waals surface area contributed by atoms with E-state index in [0.29, 0.717) is 0 Å². The molecule has 14 heavy (non-hydrogen) atoms. The van der Waals surface area contributed by atoms with Crippen LogP contribution in [0.25, 0.3) is 5.59 Å². The summed E-state index contributed by atoms with van der Waals surface area (Å²) in [5, 5.41) is 0. The summed E-state index contributed by atoms with van der Waals surface area (Å²) in [4.78, 5) is 7.25. The van der Waals surface area contributed by atoms with Gasteiger partial charge in [0.1, 0.15) is 0 Å². The van der Waals surface area contributed by atoms with Crippen molar-refractivity contribution in [2.45, 2.75) is 33.6 Å². The molecule has 0 heterocycles. The molecule has 0 amide bonds. The smallest absolute Gasteiger partial charge is 0 e. The maximum absolute atomic E-state index is 7.25. The molecule has 0 radical (unpaired) electrons. The summed E-state index contributed by atoms with van der Waals surface area (Å²) >= 11 is 0. The predicted octanol–water partition coefficient (Wildman–Crippen LogP) is 4.09. The molecule has 3 heteroatoms. The van der Waals surface area contributed by atoms with Crippen molar-refractivity contribution in [3.8, 4) is 0 Å². The zero-order valence-electron chi connectivity index (χ0n) is 9.25. The number of nitroso groups, excluding NO2 is 1. The van der Waals surface area contributed by atoms with E-state index in [2.05, 4.69) is 39.0 Å². The van der Waals surface area contributed by atoms with Crippen LogP contribution in [0.5, 0.6) is 0 Å². The Morgan fingerprint density at radius 3 is 1.93 bits per heavy atom. The molecule has 1 aliphatic rings. The first kappa shape index (κ1) is 23.5. The van der Waals surface area contributed by atoms with Crippen LogP contribution in [0.4, 0.5) is 0 Å². The minimum absolute atomic E-state index is 0. The molecule has 0 spiro atoms. The molecule has 0 aromatic rings. The fourth-order valence-electron chi connectivity index (χ4n) is 0.693. The zero-order chi connectivity index (χ0) is 11.1. The van der Waals surface area contributed by atoms with Gasteiger partial charge in [-0.3, -0.25) is 6.08 Å². The topological polar surface area (TPSA) is 39.4 Å². The van der Waals surface area contributed by atoms with Crippen molar-refractivity contribution in [1.82, 2.24) is 0 Å². The molecule has 0 atom stereocenters. The van der Waals surface area contributed by atoms with Crippen molar-refractivity contribution in [2.24, 2.45) is 0 Å². The quantitative estimate of drug-likeness (QED) is 0.646.